The molecule has 118 valence electrons. The standard InChI is InChI=1S/C14H22N2O4S/c1-10-5-11-12(20-9-19-11)6-13(10)21(17,18)16(4)8-14(2,3)7-15/h5-6H,7-9,15H2,1-4H3. The highest BCUT2D eigenvalue weighted by atomic mass is 32.2. The molecule has 0 atom stereocenters. The van der Waals surface area contributed by atoms with Crippen molar-refractivity contribution in [3.63, 3.8) is 0 Å². The molecule has 21 heavy (non-hydrogen) atoms. The van der Waals surface area contributed by atoms with Gasteiger partial charge in [0.25, 0.3) is 0 Å². The number of hydrogen-bond acceptors (Lipinski definition) is 5. The van der Waals surface area contributed by atoms with Crippen LogP contribution in [0, 0.1) is 12.3 Å². The Hall–Kier alpha value is -1.31. The average molecular weight is 314 g/mol. The number of ether oxygens (including phenoxy) is 2. The van der Waals surface area contributed by atoms with E-state index in [-0.39, 0.29) is 17.1 Å². The molecule has 2 rings (SSSR count). The quantitative estimate of drug-likeness (QED) is 0.886. The highest BCUT2D eigenvalue weighted by molar-refractivity contribution is 7.89. The summed E-state index contributed by atoms with van der Waals surface area (Å²) in [6.07, 6.45) is 0. The Balaban J connectivity index is 2.36. The molecule has 6 nitrogen and oxygen atoms in total. The number of nitrogens with two attached hydrogens (primary N) is 1. The lowest BCUT2D eigenvalue weighted by Gasteiger charge is -2.28. The van der Waals surface area contributed by atoms with Gasteiger partial charge in [-0.15, -0.1) is 0 Å². The summed E-state index contributed by atoms with van der Waals surface area (Å²) in [5.41, 5.74) is 6.03. The minimum absolute atomic E-state index is 0.119. The molecule has 0 saturated carbocycles. The summed E-state index contributed by atoms with van der Waals surface area (Å²) in [7, 11) is -2.03. The second-order valence-electron chi connectivity index (χ2n) is 6.10. The molecule has 0 saturated heterocycles. The van der Waals surface area contributed by atoms with Gasteiger partial charge in [0.2, 0.25) is 16.8 Å². The largest absolute Gasteiger partial charge is 0.454 e. The molecule has 1 aliphatic rings. The van der Waals surface area contributed by atoms with Crippen LogP contribution in [0.15, 0.2) is 17.0 Å². The Morgan fingerprint density at radius 1 is 1.29 bits per heavy atom. The van der Waals surface area contributed by atoms with E-state index in [1.54, 1.807) is 20.0 Å². The summed E-state index contributed by atoms with van der Waals surface area (Å²) in [4.78, 5) is 0.238. The van der Waals surface area contributed by atoms with Crippen LogP contribution in [0.5, 0.6) is 11.5 Å². The van der Waals surface area contributed by atoms with Crippen LogP contribution in [-0.2, 0) is 10.0 Å². The monoisotopic (exact) mass is 314 g/mol. The third kappa shape index (κ3) is 3.14. The van der Waals surface area contributed by atoms with Gasteiger partial charge in [-0.2, -0.15) is 0 Å². The van der Waals surface area contributed by atoms with Crippen LogP contribution in [0.25, 0.3) is 0 Å². The molecule has 1 heterocycles. The number of nitrogens with zero attached hydrogens (tertiary/aromatic N) is 1. The van der Waals surface area contributed by atoms with Crippen molar-refractivity contribution in [2.45, 2.75) is 25.7 Å². The third-order valence-electron chi connectivity index (χ3n) is 3.56. The number of sulfonamides is 1. The second kappa shape index (κ2) is 5.47. The highest BCUT2D eigenvalue weighted by Gasteiger charge is 2.30. The summed E-state index contributed by atoms with van der Waals surface area (Å²) in [6, 6.07) is 3.22. The molecule has 0 fully saturated rings. The van der Waals surface area contributed by atoms with E-state index in [2.05, 4.69) is 0 Å². The second-order valence-corrected chi connectivity index (χ2v) is 8.11. The summed E-state index contributed by atoms with van der Waals surface area (Å²) in [6.45, 7) is 6.49. The predicted octanol–water partition coefficient (Wildman–Crippen LogP) is 1.33. The summed E-state index contributed by atoms with van der Waals surface area (Å²) in [5.74, 6) is 1.04. The van der Waals surface area contributed by atoms with E-state index in [0.29, 0.717) is 30.2 Å². The lowest BCUT2D eigenvalue weighted by molar-refractivity contribution is 0.174. The topological polar surface area (TPSA) is 81.9 Å². The summed E-state index contributed by atoms with van der Waals surface area (Å²) in [5, 5.41) is 0. The maximum absolute atomic E-state index is 12.7. The number of aryl methyl sites for hydroxylation is 1. The minimum Gasteiger partial charge on any atom is -0.454 e. The Bertz CT molecular complexity index is 641. The van der Waals surface area contributed by atoms with Crippen molar-refractivity contribution in [3.05, 3.63) is 17.7 Å². The van der Waals surface area contributed by atoms with Crippen LogP contribution in [0.1, 0.15) is 19.4 Å². The number of benzene rings is 1. The third-order valence-corrected chi connectivity index (χ3v) is 5.51. The number of fused-ring (bicyclic) bond motifs is 1. The zero-order chi connectivity index (χ0) is 15.8. The molecular weight excluding hydrogens is 292 g/mol. The first kappa shape index (κ1) is 16.1. The average Bonchev–Trinajstić information content (AvgIpc) is 2.84. The van der Waals surface area contributed by atoms with Gasteiger partial charge in [0.1, 0.15) is 0 Å². The Kier molecular flexibility index (Phi) is 4.19. The van der Waals surface area contributed by atoms with Gasteiger partial charge in [-0.1, -0.05) is 13.8 Å². The smallest absolute Gasteiger partial charge is 0.243 e. The van der Waals surface area contributed by atoms with Gasteiger partial charge in [-0.25, -0.2) is 12.7 Å². The van der Waals surface area contributed by atoms with E-state index in [9.17, 15) is 8.42 Å². The summed E-state index contributed by atoms with van der Waals surface area (Å²) >= 11 is 0. The van der Waals surface area contributed by atoms with Crippen molar-refractivity contribution >= 4 is 10.0 Å². The Labute approximate surface area is 125 Å². The van der Waals surface area contributed by atoms with Crippen LogP contribution in [-0.4, -0.2) is 39.7 Å². The molecule has 1 aromatic rings. The van der Waals surface area contributed by atoms with E-state index >= 15 is 0 Å². The van der Waals surface area contributed by atoms with Gasteiger partial charge in [-0.05, 0) is 30.5 Å². The normalized spacial score (nSPS) is 14.8. The van der Waals surface area contributed by atoms with Crippen molar-refractivity contribution in [1.82, 2.24) is 4.31 Å². The van der Waals surface area contributed by atoms with E-state index in [0.717, 1.165) is 0 Å². The molecular formula is C14H22N2O4S. The highest BCUT2D eigenvalue weighted by Crippen LogP contribution is 2.37. The van der Waals surface area contributed by atoms with E-state index in [1.165, 1.54) is 10.4 Å². The number of hydrogen-bond donors (Lipinski definition) is 1. The maximum atomic E-state index is 12.7. The molecule has 7 heteroatoms. The molecule has 1 aromatic carbocycles. The first-order valence-electron chi connectivity index (χ1n) is 6.74. The predicted molar refractivity (Wildman–Crippen MR) is 80.0 cm³/mol. The van der Waals surface area contributed by atoms with Gasteiger partial charge in [0.15, 0.2) is 11.5 Å². The van der Waals surface area contributed by atoms with E-state index in [1.807, 2.05) is 13.8 Å². The van der Waals surface area contributed by atoms with Gasteiger partial charge in [0.05, 0.1) is 4.90 Å². The van der Waals surface area contributed by atoms with Gasteiger partial charge < -0.3 is 15.2 Å². The molecule has 0 radical (unpaired) electrons. The Morgan fingerprint density at radius 2 is 1.86 bits per heavy atom. The van der Waals surface area contributed by atoms with Crippen LogP contribution >= 0.6 is 0 Å². The number of rotatable bonds is 5. The summed E-state index contributed by atoms with van der Waals surface area (Å²) < 4.78 is 37.3. The zero-order valence-electron chi connectivity index (χ0n) is 12.8. The maximum Gasteiger partial charge on any atom is 0.243 e. The van der Waals surface area contributed by atoms with Crippen LogP contribution < -0.4 is 15.2 Å². The molecule has 0 aliphatic carbocycles. The van der Waals surface area contributed by atoms with Crippen molar-refractivity contribution < 1.29 is 17.9 Å². The van der Waals surface area contributed by atoms with Gasteiger partial charge in [0, 0.05) is 19.7 Å². The van der Waals surface area contributed by atoms with Crippen LogP contribution in [0.2, 0.25) is 0 Å². The SMILES string of the molecule is Cc1cc2c(cc1S(=O)(=O)N(C)CC(C)(C)CN)OCO2. The molecule has 0 aromatic heterocycles. The lowest BCUT2D eigenvalue weighted by Crippen LogP contribution is -2.39. The molecule has 0 spiro atoms. The van der Waals surface area contributed by atoms with Crippen molar-refractivity contribution in [1.29, 1.82) is 0 Å². The van der Waals surface area contributed by atoms with E-state index in [4.69, 9.17) is 15.2 Å². The molecule has 0 bridgehead atoms. The molecule has 0 amide bonds. The molecule has 1 aliphatic heterocycles. The Morgan fingerprint density at radius 3 is 2.43 bits per heavy atom. The first-order chi connectivity index (χ1) is 9.67. The fraction of sp³-hybridized carbons (Fsp3) is 0.571. The fourth-order valence-corrected chi connectivity index (χ4v) is 3.80. The molecule has 0 unspecified atom stereocenters. The zero-order valence-corrected chi connectivity index (χ0v) is 13.7. The van der Waals surface area contributed by atoms with Crippen LogP contribution in [0.4, 0.5) is 0 Å². The first-order valence-corrected chi connectivity index (χ1v) is 8.18. The van der Waals surface area contributed by atoms with Crippen molar-refractivity contribution in [2.24, 2.45) is 11.1 Å². The van der Waals surface area contributed by atoms with Crippen molar-refractivity contribution in [2.75, 3.05) is 26.9 Å². The molecule has 2 N–H and O–H groups in total. The fourth-order valence-electron chi connectivity index (χ4n) is 2.22. The van der Waals surface area contributed by atoms with Crippen molar-refractivity contribution in [3.8, 4) is 11.5 Å². The van der Waals surface area contributed by atoms with E-state index < -0.39 is 10.0 Å². The van der Waals surface area contributed by atoms with Gasteiger partial charge >= 0.3 is 0 Å². The van der Waals surface area contributed by atoms with Crippen LogP contribution in [0.3, 0.4) is 0 Å². The lowest BCUT2D eigenvalue weighted by atomic mass is 9.94. The van der Waals surface area contributed by atoms with Gasteiger partial charge in [-0.3, -0.25) is 0 Å². The minimum atomic E-state index is -3.59.